The van der Waals surface area contributed by atoms with Gasteiger partial charge >= 0.3 is 12.0 Å². The minimum absolute atomic E-state index is 0.176. The van der Waals surface area contributed by atoms with E-state index >= 15 is 0 Å². The highest BCUT2D eigenvalue weighted by Gasteiger charge is 2.46. The largest absolute Gasteiger partial charge is 0.481 e. The molecule has 0 saturated carbocycles. The van der Waals surface area contributed by atoms with E-state index in [9.17, 15) is 19.5 Å². The van der Waals surface area contributed by atoms with Crippen LogP contribution in [-0.2, 0) is 16.1 Å². The van der Waals surface area contributed by atoms with Crippen LogP contribution in [0.2, 0.25) is 0 Å². The average Bonchev–Trinajstić information content (AvgIpc) is 2.92. The fourth-order valence-corrected chi connectivity index (χ4v) is 3.96. The van der Waals surface area contributed by atoms with Gasteiger partial charge in [-0.25, -0.2) is 9.69 Å². The second-order valence-electron chi connectivity index (χ2n) is 6.25. The van der Waals surface area contributed by atoms with Crippen LogP contribution in [0, 0.1) is 0 Å². The molecule has 3 amide bonds. The van der Waals surface area contributed by atoms with Gasteiger partial charge in [0.25, 0.3) is 5.91 Å². The number of urea groups is 1. The Hall–Kier alpha value is -2.45. The fraction of sp³-hybridized carbons (Fsp3) is 0.250. The van der Waals surface area contributed by atoms with E-state index in [0.717, 1.165) is 20.3 Å². The van der Waals surface area contributed by atoms with Crippen molar-refractivity contribution in [3.05, 3.63) is 54.1 Å². The second kappa shape index (κ2) is 8.70. The summed E-state index contributed by atoms with van der Waals surface area (Å²) in [5, 5.41) is 9.25. The molecule has 1 N–H and O–H groups in total. The van der Waals surface area contributed by atoms with Crippen LogP contribution in [0.25, 0.3) is 0 Å². The molecule has 0 unspecified atom stereocenters. The van der Waals surface area contributed by atoms with Gasteiger partial charge in [-0.2, -0.15) is 0 Å². The molecule has 1 aliphatic heterocycles. The topological polar surface area (TPSA) is 77.9 Å². The van der Waals surface area contributed by atoms with Gasteiger partial charge in [0.05, 0.1) is 12.1 Å². The van der Waals surface area contributed by atoms with Gasteiger partial charge in [-0.1, -0.05) is 18.2 Å². The van der Waals surface area contributed by atoms with E-state index in [-0.39, 0.29) is 6.54 Å². The van der Waals surface area contributed by atoms with Crippen molar-refractivity contribution in [2.45, 2.75) is 28.8 Å². The van der Waals surface area contributed by atoms with Crippen molar-refractivity contribution in [3.8, 4) is 0 Å². The van der Waals surface area contributed by atoms with Crippen LogP contribution < -0.4 is 4.90 Å². The summed E-state index contributed by atoms with van der Waals surface area (Å²) < 4.78 is 0. The van der Waals surface area contributed by atoms with Gasteiger partial charge in [-0.3, -0.25) is 9.59 Å². The van der Waals surface area contributed by atoms with Crippen molar-refractivity contribution in [3.63, 3.8) is 0 Å². The van der Waals surface area contributed by atoms with Crippen molar-refractivity contribution in [1.82, 2.24) is 4.90 Å². The third kappa shape index (κ3) is 4.18. The zero-order valence-electron chi connectivity index (χ0n) is 15.5. The van der Waals surface area contributed by atoms with E-state index < -0.39 is 30.4 Å². The summed E-state index contributed by atoms with van der Waals surface area (Å²) in [6.07, 6.45) is 3.46. The number of hydrogen-bond acceptors (Lipinski definition) is 5. The molecule has 0 radical (unpaired) electrons. The molecule has 1 heterocycles. The molecule has 1 saturated heterocycles. The quantitative estimate of drug-likeness (QED) is 0.544. The van der Waals surface area contributed by atoms with Crippen molar-refractivity contribution < 1.29 is 19.5 Å². The predicted molar refractivity (Wildman–Crippen MR) is 111 cm³/mol. The number of nitrogens with zero attached hydrogens (tertiary/aromatic N) is 2. The molecule has 1 fully saturated rings. The molecule has 0 spiro atoms. The lowest BCUT2D eigenvalue weighted by Gasteiger charge is -2.21. The summed E-state index contributed by atoms with van der Waals surface area (Å²) in [6, 6.07) is 13.2. The van der Waals surface area contributed by atoms with Crippen LogP contribution in [0.3, 0.4) is 0 Å². The number of anilines is 1. The third-order valence-electron chi connectivity index (χ3n) is 4.51. The first-order valence-corrected chi connectivity index (χ1v) is 11.0. The van der Waals surface area contributed by atoms with E-state index in [4.69, 9.17) is 0 Å². The number of carbonyl (C=O) groups excluding carboxylic acids is 2. The van der Waals surface area contributed by atoms with Crippen LogP contribution in [0.5, 0.6) is 0 Å². The zero-order valence-corrected chi connectivity index (χ0v) is 17.1. The normalized spacial score (nSPS) is 16.7. The molecular formula is C20H20N2O4S2. The molecule has 3 rings (SSSR count). The van der Waals surface area contributed by atoms with Gasteiger partial charge in [0, 0.05) is 16.3 Å². The first kappa shape index (κ1) is 20.3. The molecule has 0 bridgehead atoms. The number of thioether (sulfide) groups is 2. The van der Waals surface area contributed by atoms with E-state index in [2.05, 4.69) is 0 Å². The number of benzene rings is 2. The third-order valence-corrected chi connectivity index (χ3v) is 5.98. The minimum atomic E-state index is -1.12. The molecule has 2 aromatic carbocycles. The molecule has 0 aromatic heterocycles. The summed E-state index contributed by atoms with van der Waals surface area (Å²) in [5.74, 6) is -1.63. The first-order chi connectivity index (χ1) is 13.4. The van der Waals surface area contributed by atoms with Gasteiger partial charge in [0.1, 0.15) is 6.04 Å². The van der Waals surface area contributed by atoms with Gasteiger partial charge in [-0.15, -0.1) is 23.5 Å². The molecule has 1 aliphatic rings. The summed E-state index contributed by atoms with van der Waals surface area (Å²) in [5.41, 5.74) is 1.30. The van der Waals surface area contributed by atoms with E-state index in [0.29, 0.717) is 5.69 Å². The van der Waals surface area contributed by atoms with E-state index in [1.165, 1.54) is 16.7 Å². The molecule has 146 valence electrons. The van der Waals surface area contributed by atoms with Crippen LogP contribution in [-0.4, -0.2) is 46.5 Å². The lowest BCUT2D eigenvalue weighted by Crippen LogP contribution is -2.36. The predicted octanol–water partition coefficient (Wildman–Crippen LogP) is 3.94. The second-order valence-corrected chi connectivity index (χ2v) is 8.01. The van der Waals surface area contributed by atoms with Crippen LogP contribution in [0.15, 0.2) is 58.3 Å². The Morgan fingerprint density at radius 1 is 1.04 bits per heavy atom. The number of aliphatic carboxylic acids is 1. The minimum Gasteiger partial charge on any atom is -0.481 e. The summed E-state index contributed by atoms with van der Waals surface area (Å²) in [4.78, 5) is 41.8. The molecule has 28 heavy (non-hydrogen) atoms. The molecule has 2 aromatic rings. The number of carboxylic acid groups (broad SMARTS) is 1. The Morgan fingerprint density at radius 3 is 2.32 bits per heavy atom. The Bertz CT molecular complexity index is 901. The lowest BCUT2D eigenvalue weighted by atomic mass is 10.1. The van der Waals surface area contributed by atoms with Gasteiger partial charge < -0.3 is 10.0 Å². The Labute approximate surface area is 171 Å². The number of imide groups is 1. The Balaban J connectivity index is 1.92. The van der Waals surface area contributed by atoms with Crippen molar-refractivity contribution >= 4 is 47.1 Å². The molecule has 6 nitrogen and oxygen atoms in total. The Morgan fingerprint density at radius 2 is 1.71 bits per heavy atom. The van der Waals surface area contributed by atoms with E-state index in [1.807, 2.05) is 42.8 Å². The number of amides is 3. The van der Waals surface area contributed by atoms with Crippen LogP contribution in [0.1, 0.15) is 12.0 Å². The standard InChI is InChI=1S/C20H20N2O4S2/c1-27-15-8-6-13(7-9-15)12-21-17(11-18(23)24)19(25)22(20(21)26)14-4-3-5-16(10-14)28-2/h3-10,17H,11-12H2,1-2H3,(H,23,24)/t17-/m0/s1. The fourth-order valence-electron chi connectivity index (χ4n) is 3.09. The summed E-state index contributed by atoms with van der Waals surface area (Å²) in [7, 11) is 0. The summed E-state index contributed by atoms with van der Waals surface area (Å²) >= 11 is 3.11. The lowest BCUT2D eigenvalue weighted by molar-refractivity contribution is -0.140. The smallest absolute Gasteiger partial charge is 0.332 e. The number of carboxylic acids is 1. The number of carbonyl (C=O) groups is 3. The highest BCUT2D eigenvalue weighted by Crippen LogP contribution is 2.30. The molecule has 1 atom stereocenters. The number of rotatable bonds is 7. The Kier molecular flexibility index (Phi) is 6.31. The zero-order chi connectivity index (χ0) is 20.3. The van der Waals surface area contributed by atoms with Crippen molar-refractivity contribution in [2.24, 2.45) is 0 Å². The monoisotopic (exact) mass is 416 g/mol. The van der Waals surface area contributed by atoms with Gasteiger partial charge in [0.2, 0.25) is 0 Å². The highest BCUT2D eigenvalue weighted by atomic mass is 32.2. The molecular weight excluding hydrogens is 396 g/mol. The summed E-state index contributed by atoms with van der Waals surface area (Å²) in [6.45, 7) is 0.176. The van der Waals surface area contributed by atoms with Crippen molar-refractivity contribution in [2.75, 3.05) is 17.4 Å². The number of hydrogen-bond donors (Lipinski definition) is 1. The van der Waals surface area contributed by atoms with Crippen LogP contribution >= 0.6 is 23.5 Å². The van der Waals surface area contributed by atoms with Crippen molar-refractivity contribution in [1.29, 1.82) is 0 Å². The van der Waals surface area contributed by atoms with E-state index in [1.54, 1.807) is 30.0 Å². The maximum absolute atomic E-state index is 13.1. The maximum atomic E-state index is 13.1. The van der Waals surface area contributed by atoms with Gasteiger partial charge in [0.15, 0.2) is 0 Å². The first-order valence-electron chi connectivity index (χ1n) is 8.58. The van der Waals surface area contributed by atoms with Gasteiger partial charge in [-0.05, 0) is 48.4 Å². The maximum Gasteiger partial charge on any atom is 0.332 e. The van der Waals surface area contributed by atoms with Crippen LogP contribution in [0.4, 0.5) is 10.5 Å². The molecule has 0 aliphatic carbocycles. The molecule has 8 heteroatoms. The average molecular weight is 417 g/mol. The SMILES string of the molecule is CSc1ccc(CN2C(=O)N(c3cccc(SC)c3)C(=O)[C@@H]2CC(=O)O)cc1. The highest BCUT2D eigenvalue weighted by molar-refractivity contribution is 7.98.